The van der Waals surface area contributed by atoms with Crippen molar-refractivity contribution >= 4 is 23.6 Å². The van der Waals surface area contributed by atoms with Crippen molar-refractivity contribution in [2.45, 2.75) is 46.8 Å². The smallest absolute Gasteiger partial charge is 0.330 e. The van der Waals surface area contributed by atoms with E-state index in [0.717, 1.165) is 16.0 Å². The number of hydrogen-bond acceptors (Lipinski definition) is 5. The van der Waals surface area contributed by atoms with Crippen LogP contribution in [0.25, 0.3) is 0 Å². The van der Waals surface area contributed by atoms with Crippen molar-refractivity contribution in [3.63, 3.8) is 0 Å². The van der Waals surface area contributed by atoms with Gasteiger partial charge in [0.25, 0.3) is 11.8 Å². The van der Waals surface area contributed by atoms with Gasteiger partial charge in [0.1, 0.15) is 6.04 Å². The first-order valence-electron chi connectivity index (χ1n) is 9.92. The zero-order chi connectivity index (χ0) is 22.2. The predicted molar refractivity (Wildman–Crippen MR) is 111 cm³/mol. The summed E-state index contributed by atoms with van der Waals surface area (Å²) in [5.74, 6) is -2.55. The molecule has 0 N–H and O–H groups in total. The monoisotopic (exact) mass is 407 g/mol. The van der Waals surface area contributed by atoms with Gasteiger partial charge in [-0.1, -0.05) is 38.1 Å². The largest absolute Gasteiger partial charge is 0.453 e. The second kappa shape index (κ2) is 8.22. The third kappa shape index (κ3) is 3.77. The molecule has 2 amide bonds. The molecule has 0 bridgehead atoms. The van der Waals surface area contributed by atoms with Gasteiger partial charge in [-0.25, -0.2) is 4.79 Å². The predicted octanol–water partition coefficient (Wildman–Crippen LogP) is 3.74. The van der Waals surface area contributed by atoms with Crippen LogP contribution in [0, 0.1) is 19.8 Å². The summed E-state index contributed by atoms with van der Waals surface area (Å²) in [6.07, 6.45) is -1.05. The van der Waals surface area contributed by atoms with E-state index in [9.17, 15) is 19.2 Å². The molecular formula is C24H25NO5. The van der Waals surface area contributed by atoms with Gasteiger partial charge in [-0.3, -0.25) is 19.3 Å². The Morgan fingerprint density at radius 1 is 0.867 bits per heavy atom. The summed E-state index contributed by atoms with van der Waals surface area (Å²) in [7, 11) is 0. The lowest BCUT2D eigenvalue weighted by molar-refractivity contribution is -0.152. The minimum absolute atomic E-state index is 0.264. The Bertz CT molecular complexity index is 1000. The average molecular weight is 407 g/mol. The highest BCUT2D eigenvalue weighted by atomic mass is 16.5. The van der Waals surface area contributed by atoms with Gasteiger partial charge < -0.3 is 4.74 Å². The number of carbonyl (C=O) groups is 4. The summed E-state index contributed by atoms with van der Waals surface area (Å²) in [5.41, 5.74) is 2.99. The molecule has 2 aromatic rings. The van der Waals surface area contributed by atoms with Crippen molar-refractivity contribution in [3.8, 4) is 0 Å². The van der Waals surface area contributed by atoms with Crippen molar-refractivity contribution in [3.05, 3.63) is 70.3 Å². The molecule has 3 rings (SSSR count). The highest BCUT2D eigenvalue weighted by molar-refractivity contribution is 6.22. The summed E-state index contributed by atoms with van der Waals surface area (Å²) in [4.78, 5) is 52.2. The summed E-state index contributed by atoms with van der Waals surface area (Å²) < 4.78 is 5.43. The number of carbonyl (C=O) groups excluding carboxylic acids is 4. The number of esters is 1. The van der Waals surface area contributed by atoms with E-state index in [1.165, 1.54) is 6.92 Å². The summed E-state index contributed by atoms with van der Waals surface area (Å²) in [6.45, 7) is 8.80. The average Bonchev–Trinajstić information content (AvgIpc) is 2.95. The van der Waals surface area contributed by atoms with Crippen LogP contribution in [0.3, 0.4) is 0 Å². The lowest BCUT2D eigenvalue weighted by Gasteiger charge is -2.28. The van der Waals surface area contributed by atoms with E-state index in [1.807, 2.05) is 19.9 Å². The molecule has 1 heterocycles. The zero-order valence-electron chi connectivity index (χ0n) is 17.8. The van der Waals surface area contributed by atoms with E-state index < -0.39 is 29.9 Å². The van der Waals surface area contributed by atoms with Crippen LogP contribution in [-0.2, 0) is 9.53 Å². The van der Waals surface area contributed by atoms with Gasteiger partial charge in [0.15, 0.2) is 6.10 Å². The van der Waals surface area contributed by atoms with Gasteiger partial charge in [0, 0.05) is 5.56 Å². The third-order valence-corrected chi connectivity index (χ3v) is 5.43. The lowest BCUT2D eigenvalue weighted by Crippen LogP contribution is -2.49. The fourth-order valence-corrected chi connectivity index (χ4v) is 3.56. The minimum Gasteiger partial charge on any atom is -0.453 e. The number of rotatable bonds is 6. The maximum atomic E-state index is 13.0. The SMILES string of the molecule is Cc1ccc(C(=O)[C@H](C)OC(=O)[C@H](C(C)C)N2C(=O)c3ccccc3C2=O)cc1C. The van der Waals surface area contributed by atoms with Gasteiger partial charge in [-0.15, -0.1) is 0 Å². The molecule has 0 unspecified atom stereocenters. The molecule has 30 heavy (non-hydrogen) atoms. The number of hydrogen-bond donors (Lipinski definition) is 0. The van der Waals surface area contributed by atoms with Crippen molar-refractivity contribution < 1.29 is 23.9 Å². The number of fused-ring (bicyclic) bond motifs is 1. The van der Waals surface area contributed by atoms with E-state index in [0.29, 0.717) is 5.56 Å². The summed E-state index contributed by atoms with van der Waals surface area (Å²) in [5, 5.41) is 0. The molecule has 2 aromatic carbocycles. The van der Waals surface area contributed by atoms with Gasteiger partial charge in [0.05, 0.1) is 11.1 Å². The standard InChI is InChI=1S/C24H25NO5/c1-13(2)20(25-22(27)18-8-6-7-9-19(18)23(25)28)24(29)30-16(5)21(26)17-11-10-14(3)15(4)12-17/h6-13,16,20H,1-5H3/t16-,20-/m0/s1. The van der Waals surface area contributed by atoms with E-state index in [-0.39, 0.29) is 22.8 Å². The fraction of sp³-hybridized carbons (Fsp3) is 0.333. The number of benzene rings is 2. The number of aryl methyl sites for hydroxylation is 2. The first-order chi connectivity index (χ1) is 14.1. The molecule has 2 atom stereocenters. The Kier molecular flexibility index (Phi) is 5.87. The Balaban J connectivity index is 1.81. The Morgan fingerprint density at radius 3 is 1.93 bits per heavy atom. The number of ether oxygens (including phenoxy) is 1. The quantitative estimate of drug-likeness (QED) is 0.414. The van der Waals surface area contributed by atoms with Crippen molar-refractivity contribution in [2.75, 3.05) is 0 Å². The topological polar surface area (TPSA) is 80.8 Å². The van der Waals surface area contributed by atoms with Crippen molar-refractivity contribution in [1.29, 1.82) is 0 Å². The van der Waals surface area contributed by atoms with Crippen LogP contribution >= 0.6 is 0 Å². The number of amides is 2. The molecule has 1 aliphatic rings. The number of ketones is 1. The van der Waals surface area contributed by atoms with Crippen LogP contribution in [0.5, 0.6) is 0 Å². The lowest BCUT2D eigenvalue weighted by atomic mass is 10.0. The molecule has 0 radical (unpaired) electrons. The molecular weight excluding hydrogens is 382 g/mol. The van der Waals surface area contributed by atoms with Gasteiger partial charge in [-0.05, 0) is 56.0 Å². The fourth-order valence-electron chi connectivity index (χ4n) is 3.56. The normalized spacial score (nSPS) is 15.2. The van der Waals surface area contributed by atoms with Crippen LogP contribution in [0.1, 0.15) is 63.0 Å². The second-order valence-corrected chi connectivity index (χ2v) is 7.96. The van der Waals surface area contributed by atoms with Gasteiger partial charge in [0.2, 0.25) is 5.78 Å². The van der Waals surface area contributed by atoms with E-state index in [1.54, 1.807) is 50.2 Å². The van der Waals surface area contributed by atoms with Gasteiger partial charge >= 0.3 is 5.97 Å². The Labute approximate surface area is 175 Å². The van der Waals surface area contributed by atoms with Crippen LogP contribution in [-0.4, -0.2) is 40.6 Å². The number of nitrogens with zero attached hydrogens (tertiary/aromatic N) is 1. The molecule has 1 aliphatic heterocycles. The maximum Gasteiger partial charge on any atom is 0.330 e. The second-order valence-electron chi connectivity index (χ2n) is 7.96. The number of Topliss-reactive ketones (excluding diaryl/α,β-unsaturated/α-hetero) is 1. The number of imide groups is 1. The molecule has 0 saturated carbocycles. The molecule has 6 heteroatoms. The minimum atomic E-state index is -1.12. The molecule has 0 aromatic heterocycles. The van der Waals surface area contributed by atoms with Crippen LogP contribution in [0.15, 0.2) is 42.5 Å². The molecule has 6 nitrogen and oxygen atoms in total. The van der Waals surface area contributed by atoms with Crippen LogP contribution in [0.4, 0.5) is 0 Å². The van der Waals surface area contributed by atoms with Crippen molar-refractivity contribution in [1.82, 2.24) is 4.90 Å². The first-order valence-corrected chi connectivity index (χ1v) is 9.92. The molecule has 0 aliphatic carbocycles. The van der Waals surface area contributed by atoms with Crippen LogP contribution in [0.2, 0.25) is 0 Å². The third-order valence-electron chi connectivity index (χ3n) is 5.43. The molecule has 0 spiro atoms. The summed E-state index contributed by atoms with van der Waals surface area (Å²) >= 11 is 0. The molecule has 0 saturated heterocycles. The first kappa shape index (κ1) is 21.4. The van der Waals surface area contributed by atoms with Crippen molar-refractivity contribution in [2.24, 2.45) is 5.92 Å². The summed E-state index contributed by atoms with van der Waals surface area (Å²) in [6, 6.07) is 10.6. The van der Waals surface area contributed by atoms with E-state index >= 15 is 0 Å². The highest BCUT2D eigenvalue weighted by Crippen LogP contribution is 2.28. The van der Waals surface area contributed by atoms with Gasteiger partial charge in [-0.2, -0.15) is 0 Å². The molecule has 0 fully saturated rings. The maximum absolute atomic E-state index is 13.0. The zero-order valence-corrected chi connectivity index (χ0v) is 17.8. The highest BCUT2D eigenvalue weighted by Gasteiger charge is 2.45. The van der Waals surface area contributed by atoms with E-state index in [4.69, 9.17) is 4.74 Å². The van der Waals surface area contributed by atoms with Crippen LogP contribution < -0.4 is 0 Å². The Morgan fingerprint density at radius 2 is 1.43 bits per heavy atom. The van der Waals surface area contributed by atoms with E-state index in [2.05, 4.69) is 0 Å². The Hall–Kier alpha value is -3.28. The molecule has 156 valence electrons.